The topological polar surface area (TPSA) is 109 Å². The number of hydrogen-bond acceptors (Lipinski definition) is 7. The van der Waals surface area contributed by atoms with Crippen molar-refractivity contribution in [2.75, 3.05) is 63.7 Å². The highest BCUT2D eigenvalue weighted by molar-refractivity contribution is 6.06. The van der Waals surface area contributed by atoms with Crippen molar-refractivity contribution in [3.63, 3.8) is 0 Å². The van der Waals surface area contributed by atoms with Gasteiger partial charge in [-0.1, -0.05) is 18.2 Å². The van der Waals surface area contributed by atoms with Gasteiger partial charge in [0.15, 0.2) is 11.5 Å². The lowest BCUT2D eigenvalue weighted by atomic mass is 10.1. The van der Waals surface area contributed by atoms with E-state index in [0.717, 1.165) is 18.7 Å². The first-order valence-electron chi connectivity index (χ1n) is 12.8. The van der Waals surface area contributed by atoms with E-state index in [9.17, 15) is 14.0 Å². The number of halogens is 1. The summed E-state index contributed by atoms with van der Waals surface area (Å²) in [6, 6.07) is 17.0. The average Bonchev–Trinajstić information content (AvgIpc) is 2.97. The molecular weight excluding hydrogens is 501 g/mol. The van der Waals surface area contributed by atoms with Gasteiger partial charge in [-0.15, -0.1) is 0 Å². The number of piperazine rings is 1. The fourth-order valence-electron chi connectivity index (χ4n) is 4.53. The van der Waals surface area contributed by atoms with Crippen LogP contribution in [0.2, 0.25) is 0 Å². The maximum atomic E-state index is 14.3. The molecule has 1 fully saturated rings. The van der Waals surface area contributed by atoms with Gasteiger partial charge in [0.25, 0.3) is 11.8 Å². The Kier molecular flexibility index (Phi) is 9.35. The number of rotatable bonds is 10. The number of para-hydroxylation sites is 1. The fourth-order valence-corrected chi connectivity index (χ4v) is 4.53. The molecule has 1 aliphatic rings. The standard InChI is InChI=1S/C29H34FN5O4/c1-38-26-10-9-21(18-27(26)39-2)29(37)33-24-17-20(28(36)32-12-11-31)7-8-22(24)19-34-13-15-35(16-14-34)25-6-4-3-5-23(25)30/h3-10,17-18H,11-16,19,31H2,1-2H3,(H,32,36)(H,33,37). The van der Waals surface area contributed by atoms with Crippen molar-refractivity contribution in [1.82, 2.24) is 10.2 Å². The number of amides is 2. The van der Waals surface area contributed by atoms with Gasteiger partial charge in [-0.3, -0.25) is 14.5 Å². The zero-order chi connectivity index (χ0) is 27.8. The van der Waals surface area contributed by atoms with Crippen molar-refractivity contribution in [3.8, 4) is 11.5 Å². The van der Waals surface area contributed by atoms with E-state index in [4.69, 9.17) is 15.2 Å². The Morgan fingerprint density at radius 2 is 1.59 bits per heavy atom. The molecule has 0 saturated carbocycles. The van der Waals surface area contributed by atoms with Crippen LogP contribution < -0.4 is 30.7 Å². The molecule has 1 heterocycles. The normalized spacial score (nSPS) is 13.6. The number of benzene rings is 3. The summed E-state index contributed by atoms with van der Waals surface area (Å²) >= 11 is 0. The van der Waals surface area contributed by atoms with E-state index in [1.165, 1.54) is 20.3 Å². The molecule has 3 aromatic rings. The number of nitrogens with two attached hydrogens (primary N) is 1. The summed E-state index contributed by atoms with van der Waals surface area (Å²) in [5.41, 5.74) is 8.32. The quantitative estimate of drug-likeness (QED) is 0.366. The molecule has 206 valence electrons. The predicted octanol–water partition coefficient (Wildman–Crippen LogP) is 3.11. The van der Waals surface area contributed by atoms with Gasteiger partial charge in [0.1, 0.15) is 5.82 Å². The van der Waals surface area contributed by atoms with Gasteiger partial charge in [-0.25, -0.2) is 4.39 Å². The minimum atomic E-state index is -0.346. The first-order valence-corrected chi connectivity index (χ1v) is 12.8. The summed E-state index contributed by atoms with van der Waals surface area (Å²) in [4.78, 5) is 30.1. The minimum absolute atomic E-state index is 0.227. The zero-order valence-electron chi connectivity index (χ0n) is 22.2. The first kappa shape index (κ1) is 27.9. The van der Waals surface area contributed by atoms with Crippen LogP contribution in [0.5, 0.6) is 11.5 Å². The van der Waals surface area contributed by atoms with Crippen LogP contribution in [0.25, 0.3) is 0 Å². The molecule has 0 unspecified atom stereocenters. The van der Waals surface area contributed by atoms with Gasteiger partial charge >= 0.3 is 0 Å². The van der Waals surface area contributed by atoms with Crippen LogP contribution in [0.1, 0.15) is 26.3 Å². The van der Waals surface area contributed by atoms with Crippen LogP contribution in [-0.4, -0.2) is 70.2 Å². The highest BCUT2D eigenvalue weighted by Crippen LogP contribution is 2.29. The third kappa shape index (κ3) is 6.84. The maximum absolute atomic E-state index is 14.3. The number of nitrogens with zero attached hydrogens (tertiary/aromatic N) is 2. The molecule has 4 rings (SSSR count). The highest BCUT2D eigenvalue weighted by atomic mass is 19.1. The lowest BCUT2D eigenvalue weighted by molar-refractivity contribution is 0.0953. The lowest BCUT2D eigenvalue weighted by Crippen LogP contribution is -2.46. The highest BCUT2D eigenvalue weighted by Gasteiger charge is 2.21. The Labute approximate surface area is 227 Å². The molecule has 0 bridgehead atoms. The SMILES string of the molecule is COc1ccc(C(=O)Nc2cc(C(=O)NCCN)ccc2CN2CCN(c3ccccc3F)CC2)cc1OC. The van der Waals surface area contributed by atoms with E-state index in [-0.39, 0.29) is 17.6 Å². The summed E-state index contributed by atoms with van der Waals surface area (Å²) in [5, 5.41) is 5.73. The molecule has 0 aromatic heterocycles. The van der Waals surface area contributed by atoms with Gasteiger partial charge in [-0.05, 0) is 48.0 Å². The first-order chi connectivity index (χ1) is 18.9. The molecule has 3 aromatic carbocycles. The third-order valence-corrected chi connectivity index (χ3v) is 6.66. The smallest absolute Gasteiger partial charge is 0.255 e. The Balaban J connectivity index is 1.53. The second kappa shape index (κ2) is 13.1. The van der Waals surface area contributed by atoms with Crippen molar-refractivity contribution < 1.29 is 23.5 Å². The van der Waals surface area contributed by atoms with Crippen LogP contribution in [0.15, 0.2) is 60.7 Å². The van der Waals surface area contributed by atoms with Crippen LogP contribution in [0.4, 0.5) is 15.8 Å². The Morgan fingerprint density at radius 3 is 2.28 bits per heavy atom. The summed E-state index contributed by atoms with van der Waals surface area (Å²) < 4.78 is 24.9. The molecule has 1 saturated heterocycles. The largest absolute Gasteiger partial charge is 0.493 e. The number of hydrogen-bond donors (Lipinski definition) is 3. The molecule has 9 nitrogen and oxygen atoms in total. The van der Waals surface area contributed by atoms with Gasteiger partial charge in [0, 0.05) is 62.6 Å². The van der Waals surface area contributed by atoms with Crippen molar-refractivity contribution >= 4 is 23.2 Å². The van der Waals surface area contributed by atoms with Crippen LogP contribution in [-0.2, 0) is 6.54 Å². The lowest BCUT2D eigenvalue weighted by Gasteiger charge is -2.36. The van der Waals surface area contributed by atoms with Gasteiger partial charge in [0.05, 0.1) is 19.9 Å². The number of anilines is 2. The Hall–Kier alpha value is -4.15. The van der Waals surface area contributed by atoms with E-state index in [1.54, 1.807) is 42.5 Å². The number of methoxy groups -OCH3 is 2. The molecule has 0 atom stereocenters. The molecule has 0 aliphatic carbocycles. The third-order valence-electron chi connectivity index (χ3n) is 6.66. The Bertz CT molecular complexity index is 1310. The monoisotopic (exact) mass is 535 g/mol. The minimum Gasteiger partial charge on any atom is -0.493 e. The van der Waals surface area contributed by atoms with Gasteiger partial charge < -0.3 is 30.7 Å². The van der Waals surface area contributed by atoms with Gasteiger partial charge in [0.2, 0.25) is 0 Å². The van der Waals surface area contributed by atoms with Crippen LogP contribution in [0, 0.1) is 5.82 Å². The zero-order valence-corrected chi connectivity index (χ0v) is 22.2. The van der Waals surface area contributed by atoms with E-state index in [2.05, 4.69) is 15.5 Å². The van der Waals surface area contributed by atoms with Crippen molar-refractivity contribution in [2.45, 2.75) is 6.54 Å². The number of carbonyl (C=O) groups excluding carboxylic acids is 2. The predicted molar refractivity (Wildman–Crippen MR) is 149 cm³/mol. The molecule has 2 amide bonds. The van der Waals surface area contributed by atoms with E-state index in [1.807, 2.05) is 17.0 Å². The van der Waals surface area contributed by atoms with E-state index in [0.29, 0.717) is 66.7 Å². The summed E-state index contributed by atoms with van der Waals surface area (Å²) in [7, 11) is 3.04. The molecule has 4 N–H and O–H groups in total. The molecule has 0 spiro atoms. The van der Waals surface area contributed by atoms with Crippen molar-refractivity contribution in [3.05, 3.63) is 83.2 Å². The maximum Gasteiger partial charge on any atom is 0.255 e. The molecule has 10 heteroatoms. The molecule has 0 radical (unpaired) electrons. The second-order valence-electron chi connectivity index (χ2n) is 9.15. The summed E-state index contributed by atoms with van der Waals surface area (Å²) in [5.74, 6) is 0.110. The molecular formula is C29H34FN5O4. The summed E-state index contributed by atoms with van der Waals surface area (Å²) in [6.45, 7) is 4.01. The number of ether oxygens (including phenoxy) is 2. The average molecular weight is 536 g/mol. The van der Waals surface area contributed by atoms with Crippen LogP contribution >= 0.6 is 0 Å². The second-order valence-corrected chi connectivity index (χ2v) is 9.15. The van der Waals surface area contributed by atoms with Crippen molar-refractivity contribution in [1.29, 1.82) is 0 Å². The van der Waals surface area contributed by atoms with E-state index < -0.39 is 0 Å². The molecule has 39 heavy (non-hydrogen) atoms. The fraction of sp³-hybridized carbons (Fsp3) is 0.310. The molecule has 1 aliphatic heterocycles. The van der Waals surface area contributed by atoms with E-state index >= 15 is 0 Å². The van der Waals surface area contributed by atoms with Crippen LogP contribution in [0.3, 0.4) is 0 Å². The number of carbonyl (C=O) groups is 2. The number of nitrogens with one attached hydrogen (secondary N) is 2. The summed E-state index contributed by atoms with van der Waals surface area (Å²) in [6.07, 6.45) is 0. The van der Waals surface area contributed by atoms with Gasteiger partial charge in [-0.2, -0.15) is 0 Å². The van der Waals surface area contributed by atoms with Crippen molar-refractivity contribution in [2.24, 2.45) is 5.73 Å². The Morgan fingerprint density at radius 1 is 0.897 bits per heavy atom.